The molecular weight excluding hydrogens is 414 g/mol. The molecule has 1 heterocycles. The molecule has 0 aliphatic carbocycles. The molecule has 0 radical (unpaired) electrons. The molecule has 1 unspecified atom stereocenters. The summed E-state index contributed by atoms with van der Waals surface area (Å²) < 4.78 is 6.11. The molecule has 3 aromatic rings. The number of carboxylic acid groups (broad SMARTS) is 1. The summed E-state index contributed by atoms with van der Waals surface area (Å²) in [5.41, 5.74) is 1.30. The van der Waals surface area contributed by atoms with Crippen molar-refractivity contribution in [3.8, 4) is 5.75 Å². The van der Waals surface area contributed by atoms with Crippen molar-refractivity contribution in [2.24, 2.45) is 0 Å². The number of fused-ring (bicyclic) bond motifs is 1. The molecule has 0 aromatic heterocycles. The van der Waals surface area contributed by atoms with Crippen LogP contribution in [0.2, 0.25) is 0 Å². The van der Waals surface area contributed by atoms with Crippen molar-refractivity contribution in [3.63, 3.8) is 0 Å². The third-order valence-electron chi connectivity index (χ3n) is 4.92. The lowest BCUT2D eigenvalue weighted by molar-refractivity contribution is -0.126. The molecule has 2 amide bonds. The number of imide groups is 1. The number of para-hydroxylation sites is 1. The Bertz CT molecular complexity index is 1130. The fraction of sp³-hybridized carbons (Fsp3) is 0.125. The van der Waals surface area contributed by atoms with Crippen LogP contribution in [0.4, 0.5) is 0 Å². The number of hydrogen-bond acceptors (Lipinski definition) is 5. The molecule has 1 atom stereocenters. The van der Waals surface area contributed by atoms with Gasteiger partial charge in [0.2, 0.25) is 5.91 Å². The molecule has 1 N–H and O–H groups in total. The SMILES string of the molecule is O=C(O)c1ccccc1SCC(=O)N1CC(c2ccccc2)Oc2ccccc2C1=O. The van der Waals surface area contributed by atoms with Crippen LogP contribution in [0.25, 0.3) is 0 Å². The standard InChI is InChI=1S/C24H19NO5S/c26-22(15-31-21-13-7-5-11-18(21)24(28)29)25-14-20(16-8-2-1-3-9-16)30-19-12-6-4-10-17(19)23(25)27/h1-13,20H,14-15H2,(H,28,29). The Kier molecular flexibility index (Phi) is 6.04. The number of aromatic carboxylic acids is 1. The van der Waals surface area contributed by atoms with Gasteiger partial charge in [-0.2, -0.15) is 0 Å². The van der Waals surface area contributed by atoms with Crippen molar-refractivity contribution in [1.29, 1.82) is 0 Å². The van der Waals surface area contributed by atoms with Gasteiger partial charge < -0.3 is 9.84 Å². The Labute approximate surface area is 183 Å². The summed E-state index contributed by atoms with van der Waals surface area (Å²) >= 11 is 1.10. The molecule has 1 aliphatic rings. The molecule has 0 spiro atoms. The predicted molar refractivity (Wildman–Crippen MR) is 116 cm³/mol. The Morgan fingerprint density at radius 2 is 1.65 bits per heavy atom. The maximum absolute atomic E-state index is 13.2. The third kappa shape index (κ3) is 4.46. The average molecular weight is 433 g/mol. The zero-order valence-electron chi connectivity index (χ0n) is 16.4. The van der Waals surface area contributed by atoms with E-state index in [1.807, 2.05) is 30.3 Å². The van der Waals surface area contributed by atoms with Gasteiger partial charge in [0.05, 0.1) is 23.4 Å². The summed E-state index contributed by atoms with van der Waals surface area (Å²) in [7, 11) is 0. The van der Waals surface area contributed by atoms with E-state index < -0.39 is 23.9 Å². The topological polar surface area (TPSA) is 83.9 Å². The number of carbonyl (C=O) groups excluding carboxylic acids is 2. The number of hydrogen-bond donors (Lipinski definition) is 1. The number of ether oxygens (including phenoxy) is 1. The number of thioether (sulfide) groups is 1. The van der Waals surface area contributed by atoms with E-state index in [0.29, 0.717) is 16.2 Å². The van der Waals surface area contributed by atoms with E-state index in [1.165, 1.54) is 11.0 Å². The molecular formula is C24H19NO5S. The van der Waals surface area contributed by atoms with Crippen molar-refractivity contribution in [2.45, 2.75) is 11.0 Å². The van der Waals surface area contributed by atoms with Gasteiger partial charge in [-0.1, -0.05) is 54.6 Å². The van der Waals surface area contributed by atoms with Gasteiger partial charge in [-0.3, -0.25) is 14.5 Å². The van der Waals surface area contributed by atoms with E-state index in [4.69, 9.17) is 4.74 Å². The first-order chi connectivity index (χ1) is 15.0. The number of carbonyl (C=O) groups is 3. The van der Waals surface area contributed by atoms with E-state index in [9.17, 15) is 19.5 Å². The van der Waals surface area contributed by atoms with Crippen LogP contribution in [0.15, 0.2) is 83.8 Å². The van der Waals surface area contributed by atoms with Crippen LogP contribution < -0.4 is 4.74 Å². The van der Waals surface area contributed by atoms with Crippen molar-refractivity contribution >= 4 is 29.5 Å². The Morgan fingerprint density at radius 3 is 2.42 bits per heavy atom. The van der Waals surface area contributed by atoms with Crippen LogP contribution in [0.1, 0.15) is 32.4 Å². The minimum atomic E-state index is -1.06. The summed E-state index contributed by atoms with van der Waals surface area (Å²) in [6, 6.07) is 22.8. The minimum absolute atomic E-state index is 0.0670. The minimum Gasteiger partial charge on any atom is -0.483 e. The van der Waals surface area contributed by atoms with Crippen molar-refractivity contribution in [2.75, 3.05) is 12.3 Å². The molecule has 7 heteroatoms. The van der Waals surface area contributed by atoms with E-state index in [1.54, 1.807) is 42.5 Å². The number of rotatable bonds is 5. The fourth-order valence-electron chi connectivity index (χ4n) is 3.37. The summed E-state index contributed by atoms with van der Waals surface area (Å²) in [6.45, 7) is 0.0670. The highest BCUT2D eigenvalue weighted by Gasteiger charge is 2.33. The summed E-state index contributed by atoms with van der Waals surface area (Å²) in [5.74, 6) is -1.53. The molecule has 0 saturated heterocycles. The van der Waals surface area contributed by atoms with Gasteiger partial charge in [-0.15, -0.1) is 11.8 Å². The molecule has 0 fully saturated rings. The zero-order chi connectivity index (χ0) is 21.8. The van der Waals surface area contributed by atoms with Gasteiger partial charge in [0.1, 0.15) is 11.9 Å². The maximum Gasteiger partial charge on any atom is 0.336 e. The largest absolute Gasteiger partial charge is 0.483 e. The summed E-state index contributed by atoms with van der Waals surface area (Å²) in [4.78, 5) is 39.3. The second-order valence-electron chi connectivity index (χ2n) is 6.91. The lowest BCUT2D eigenvalue weighted by atomic mass is 10.1. The molecule has 0 saturated carbocycles. The monoisotopic (exact) mass is 433 g/mol. The van der Waals surface area contributed by atoms with Gasteiger partial charge in [-0.25, -0.2) is 4.79 Å². The predicted octanol–water partition coefficient (Wildman–Crippen LogP) is 4.28. The highest BCUT2D eigenvalue weighted by molar-refractivity contribution is 8.00. The first-order valence-corrected chi connectivity index (χ1v) is 10.6. The highest BCUT2D eigenvalue weighted by Crippen LogP contribution is 2.32. The second kappa shape index (κ2) is 9.06. The fourth-order valence-corrected chi connectivity index (χ4v) is 4.29. The van der Waals surface area contributed by atoms with Crippen LogP contribution in [-0.4, -0.2) is 40.1 Å². The number of nitrogens with zero attached hydrogens (tertiary/aromatic N) is 1. The average Bonchev–Trinajstić information content (AvgIpc) is 2.95. The Balaban J connectivity index is 1.60. The van der Waals surface area contributed by atoms with Crippen molar-refractivity contribution < 1.29 is 24.2 Å². The normalized spacial score (nSPS) is 15.5. The van der Waals surface area contributed by atoms with Crippen molar-refractivity contribution in [1.82, 2.24) is 4.90 Å². The van der Waals surface area contributed by atoms with E-state index >= 15 is 0 Å². The molecule has 31 heavy (non-hydrogen) atoms. The Hall–Kier alpha value is -3.58. The van der Waals surface area contributed by atoms with Crippen LogP contribution in [-0.2, 0) is 4.79 Å². The first kappa shape index (κ1) is 20.7. The molecule has 3 aromatic carbocycles. The summed E-state index contributed by atoms with van der Waals surface area (Å²) in [5, 5.41) is 9.35. The lowest BCUT2D eigenvalue weighted by Crippen LogP contribution is -2.40. The Morgan fingerprint density at radius 1 is 0.968 bits per heavy atom. The lowest BCUT2D eigenvalue weighted by Gasteiger charge is -2.23. The van der Waals surface area contributed by atoms with E-state index in [2.05, 4.69) is 0 Å². The third-order valence-corrected chi connectivity index (χ3v) is 5.98. The number of amides is 2. The van der Waals surface area contributed by atoms with Crippen LogP contribution >= 0.6 is 11.8 Å². The molecule has 6 nitrogen and oxygen atoms in total. The van der Waals surface area contributed by atoms with Crippen molar-refractivity contribution in [3.05, 3.63) is 95.6 Å². The van der Waals surface area contributed by atoms with Crippen LogP contribution in [0.3, 0.4) is 0 Å². The van der Waals surface area contributed by atoms with Gasteiger partial charge in [0, 0.05) is 4.90 Å². The number of carboxylic acids is 1. The highest BCUT2D eigenvalue weighted by atomic mass is 32.2. The first-order valence-electron chi connectivity index (χ1n) is 9.65. The van der Waals surface area contributed by atoms with Gasteiger partial charge in [0.25, 0.3) is 5.91 Å². The van der Waals surface area contributed by atoms with E-state index in [0.717, 1.165) is 17.3 Å². The van der Waals surface area contributed by atoms with Gasteiger partial charge in [0.15, 0.2) is 0 Å². The molecule has 4 rings (SSSR count). The molecule has 1 aliphatic heterocycles. The van der Waals surface area contributed by atoms with E-state index in [-0.39, 0.29) is 17.9 Å². The van der Waals surface area contributed by atoms with Gasteiger partial charge >= 0.3 is 5.97 Å². The smallest absolute Gasteiger partial charge is 0.336 e. The van der Waals surface area contributed by atoms with Crippen LogP contribution in [0.5, 0.6) is 5.75 Å². The number of benzene rings is 3. The molecule has 0 bridgehead atoms. The quantitative estimate of drug-likeness (QED) is 0.605. The maximum atomic E-state index is 13.2. The zero-order valence-corrected chi connectivity index (χ0v) is 17.2. The van der Waals surface area contributed by atoms with Crippen LogP contribution in [0, 0.1) is 0 Å². The molecule has 156 valence electrons. The summed E-state index contributed by atoms with van der Waals surface area (Å²) in [6.07, 6.45) is -0.506. The van der Waals surface area contributed by atoms with Gasteiger partial charge in [-0.05, 0) is 29.8 Å². The second-order valence-corrected chi connectivity index (χ2v) is 7.93.